The maximum atomic E-state index is 12.5. The van der Waals surface area contributed by atoms with E-state index < -0.39 is 5.63 Å². The fourth-order valence-corrected chi connectivity index (χ4v) is 2.88. The molecule has 11 heteroatoms. The molecule has 0 fully saturated rings. The van der Waals surface area contributed by atoms with Gasteiger partial charge in [0.15, 0.2) is 5.69 Å². The zero-order valence-corrected chi connectivity index (χ0v) is 15.1. The van der Waals surface area contributed by atoms with Crippen LogP contribution in [0.15, 0.2) is 63.9 Å². The maximum absolute atomic E-state index is 12.5. The van der Waals surface area contributed by atoms with Crippen LogP contribution in [0.1, 0.15) is 5.82 Å². The molecule has 0 saturated heterocycles. The largest absolute Gasteiger partial charge is 0.421 e. The van der Waals surface area contributed by atoms with Gasteiger partial charge >= 0.3 is 5.63 Å². The SMILES string of the molecule is N#CC(=CNc1ccc2cc(-n3nc4ccccc4n3)c(=O)oc2c1)c1nn[nH]n1. The Balaban J connectivity index is 1.49. The lowest BCUT2D eigenvalue weighted by atomic mass is 10.2. The zero-order chi connectivity index (χ0) is 20.5. The van der Waals surface area contributed by atoms with Crippen LogP contribution in [0.5, 0.6) is 0 Å². The number of benzene rings is 2. The minimum atomic E-state index is -0.569. The van der Waals surface area contributed by atoms with Gasteiger partial charge < -0.3 is 9.73 Å². The van der Waals surface area contributed by atoms with Crippen molar-refractivity contribution in [2.75, 3.05) is 5.32 Å². The second kappa shape index (κ2) is 6.95. The van der Waals surface area contributed by atoms with Gasteiger partial charge in [-0.05, 0) is 35.5 Å². The number of aromatic amines is 1. The van der Waals surface area contributed by atoms with Crippen molar-refractivity contribution in [1.82, 2.24) is 35.6 Å². The summed E-state index contributed by atoms with van der Waals surface area (Å²) in [6.07, 6.45) is 1.44. The molecule has 3 aromatic heterocycles. The summed E-state index contributed by atoms with van der Waals surface area (Å²) in [5.74, 6) is 0.168. The number of nitrogens with one attached hydrogen (secondary N) is 2. The number of rotatable bonds is 4. The Morgan fingerprint density at radius 3 is 2.67 bits per heavy atom. The molecule has 0 unspecified atom stereocenters. The Bertz CT molecular complexity index is 1470. The highest BCUT2D eigenvalue weighted by atomic mass is 16.4. The van der Waals surface area contributed by atoms with E-state index in [0.29, 0.717) is 27.7 Å². The van der Waals surface area contributed by atoms with Crippen molar-refractivity contribution in [3.05, 3.63) is 71.0 Å². The number of aromatic nitrogens is 7. The van der Waals surface area contributed by atoms with Crippen LogP contribution < -0.4 is 10.9 Å². The molecule has 0 aliphatic heterocycles. The number of allylic oxidation sites excluding steroid dienone is 1. The van der Waals surface area contributed by atoms with Gasteiger partial charge in [0.2, 0.25) is 5.82 Å². The summed E-state index contributed by atoms with van der Waals surface area (Å²) in [6, 6.07) is 16.2. The molecule has 30 heavy (non-hydrogen) atoms. The lowest BCUT2D eigenvalue weighted by Crippen LogP contribution is -2.12. The van der Waals surface area contributed by atoms with Crippen molar-refractivity contribution in [3.63, 3.8) is 0 Å². The van der Waals surface area contributed by atoms with Gasteiger partial charge in [-0.25, -0.2) is 4.79 Å². The van der Waals surface area contributed by atoms with Crippen LogP contribution in [0.2, 0.25) is 0 Å². The smallest absolute Gasteiger partial charge is 0.364 e. The average Bonchev–Trinajstić information content (AvgIpc) is 3.43. The van der Waals surface area contributed by atoms with Gasteiger partial charge in [0, 0.05) is 23.3 Å². The van der Waals surface area contributed by atoms with Crippen molar-refractivity contribution >= 4 is 33.3 Å². The first kappa shape index (κ1) is 17.3. The van der Waals surface area contributed by atoms with Crippen molar-refractivity contribution < 1.29 is 4.42 Å². The molecule has 144 valence electrons. The normalized spacial score (nSPS) is 11.6. The van der Waals surface area contributed by atoms with E-state index in [1.54, 1.807) is 24.3 Å². The monoisotopic (exact) mass is 397 g/mol. The number of hydrogen-bond acceptors (Lipinski definition) is 9. The molecule has 5 rings (SSSR count). The number of tetrazole rings is 1. The van der Waals surface area contributed by atoms with E-state index in [0.717, 1.165) is 0 Å². The number of H-pyrrole nitrogens is 1. The molecule has 5 aromatic rings. The molecule has 0 spiro atoms. The number of anilines is 1. The molecule has 0 atom stereocenters. The highest BCUT2D eigenvalue weighted by Crippen LogP contribution is 2.21. The minimum absolute atomic E-state index is 0.168. The molecule has 0 radical (unpaired) electrons. The van der Waals surface area contributed by atoms with Gasteiger partial charge in [0.1, 0.15) is 28.3 Å². The summed E-state index contributed by atoms with van der Waals surface area (Å²) < 4.78 is 5.47. The van der Waals surface area contributed by atoms with Crippen LogP contribution in [0.3, 0.4) is 0 Å². The van der Waals surface area contributed by atoms with Crippen LogP contribution in [0, 0.1) is 11.3 Å². The summed E-state index contributed by atoms with van der Waals surface area (Å²) in [5, 5.41) is 34.8. The number of nitriles is 1. The summed E-state index contributed by atoms with van der Waals surface area (Å²) in [4.78, 5) is 13.8. The first-order chi connectivity index (χ1) is 14.7. The zero-order valence-electron chi connectivity index (χ0n) is 15.1. The standard InChI is InChI=1S/C19H11N9O2/c20-9-12(18-22-26-27-23-18)10-21-13-6-5-11-7-16(19(29)30-17(11)8-13)28-24-14-3-1-2-4-15(14)25-28/h1-8,10,21H,(H,22,23,26,27). The molecule has 0 aliphatic rings. The topological polar surface area (TPSA) is 151 Å². The van der Waals surface area contributed by atoms with Gasteiger partial charge in [-0.2, -0.15) is 10.5 Å². The predicted octanol–water partition coefficient (Wildman–Crippen LogP) is 2.02. The van der Waals surface area contributed by atoms with Gasteiger partial charge in [-0.15, -0.1) is 25.2 Å². The van der Waals surface area contributed by atoms with Crippen LogP contribution >= 0.6 is 0 Å². The summed E-state index contributed by atoms with van der Waals surface area (Å²) in [7, 11) is 0. The minimum Gasteiger partial charge on any atom is -0.421 e. The Morgan fingerprint density at radius 1 is 1.17 bits per heavy atom. The molecule has 3 heterocycles. The van der Waals surface area contributed by atoms with E-state index >= 15 is 0 Å². The quantitative estimate of drug-likeness (QED) is 0.343. The van der Waals surface area contributed by atoms with Gasteiger partial charge in [-0.1, -0.05) is 12.1 Å². The van der Waals surface area contributed by atoms with E-state index in [1.165, 1.54) is 11.0 Å². The number of fused-ring (bicyclic) bond motifs is 2. The van der Waals surface area contributed by atoms with Crippen molar-refractivity contribution in [2.45, 2.75) is 0 Å². The molecule has 2 aromatic carbocycles. The Morgan fingerprint density at radius 2 is 1.97 bits per heavy atom. The molecular formula is C19H11N9O2. The van der Waals surface area contributed by atoms with Crippen molar-refractivity contribution in [1.29, 1.82) is 5.26 Å². The summed E-state index contributed by atoms with van der Waals surface area (Å²) >= 11 is 0. The van der Waals surface area contributed by atoms with E-state index in [4.69, 9.17) is 4.42 Å². The van der Waals surface area contributed by atoms with Crippen LogP contribution in [0.4, 0.5) is 5.69 Å². The highest BCUT2D eigenvalue weighted by Gasteiger charge is 2.12. The Labute approximate surface area is 167 Å². The maximum Gasteiger partial charge on any atom is 0.364 e. The van der Waals surface area contributed by atoms with Gasteiger partial charge in [0.25, 0.3) is 0 Å². The molecule has 0 bridgehead atoms. The third-order valence-corrected chi connectivity index (χ3v) is 4.31. The molecular weight excluding hydrogens is 386 g/mol. The lowest BCUT2D eigenvalue weighted by Gasteiger charge is -2.04. The summed E-state index contributed by atoms with van der Waals surface area (Å²) in [5.41, 5.74) is 2.17. The van der Waals surface area contributed by atoms with Gasteiger partial charge in [0.05, 0.1) is 0 Å². The first-order valence-electron chi connectivity index (χ1n) is 8.72. The van der Waals surface area contributed by atoms with Crippen LogP contribution in [0.25, 0.3) is 33.3 Å². The molecule has 0 aliphatic carbocycles. The molecule has 0 saturated carbocycles. The second-order valence-electron chi connectivity index (χ2n) is 6.20. The molecule has 2 N–H and O–H groups in total. The first-order valence-corrected chi connectivity index (χ1v) is 8.72. The van der Waals surface area contributed by atoms with Crippen LogP contribution in [-0.4, -0.2) is 35.6 Å². The highest BCUT2D eigenvalue weighted by molar-refractivity contribution is 5.83. The average molecular weight is 397 g/mol. The fourth-order valence-electron chi connectivity index (χ4n) is 2.88. The van der Waals surface area contributed by atoms with E-state index in [9.17, 15) is 10.1 Å². The predicted molar refractivity (Wildman–Crippen MR) is 106 cm³/mol. The molecule has 11 nitrogen and oxygen atoms in total. The van der Waals surface area contributed by atoms with E-state index in [-0.39, 0.29) is 17.1 Å². The van der Waals surface area contributed by atoms with Gasteiger partial charge in [-0.3, -0.25) is 0 Å². The third-order valence-electron chi connectivity index (χ3n) is 4.31. The third kappa shape index (κ3) is 3.04. The number of hydrogen-bond donors (Lipinski definition) is 2. The van der Waals surface area contributed by atoms with E-state index in [2.05, 4.69) is 36.1 Å². The van der Waals surface area contributed by atoms with E-state index in [1.807, 2.05) is 30.3 Å². The second-order valence-corrected chi connectivity index (χ2v) is 6.20. The summed E-state index contributed by atoms with van der Waals surface area (Å²) in [6.45, 7) is 0. The lowest BCUT2D eigenvalue weighted by molar-refractivity contribution is 0.546. The van der Waals surface area contributed by atoms with Crippen molar-refractivity contribution in [2.24, 2.45) is 0 Å². The molecule has 0 amide bonds. The fraction of sp³-hybridized carbons (Fsp3) is 0. The van der Waals surface area contributed by atoms with Crippen LogP contribution in [-0.2, 0) is 0 Å². The number of nitrogens with zero attached hydrogens (tertiary/aromatic N) is 7. The van der Waals surface area contributed by atoms with Crippen molar-refractivity contribution in [3.8, 4) is 11.8 Å². The Hall–Kier alpha value is -4.85. The Kier molecular flexibility index (Phi) is 4.00.